The summed E-state index contributed by atoms with van der Waals surface area (Å²) in [6.45, 7) is 22.2. The lowest BCUT2D eigenvalue weighted by atomic mass is 10.2. The summed E-state index contributed by atoms with van der Waals surface area (Å²) in [6.07, 6.45) is 19.7. The molecule has 0 radical (unpaired) electrons. The van der Waals surface area contributed by atoms with Crippen molar-refractivity contribution in [3.05, 3.63) is 12.2 Å². The van der Waals surface area contributed by atoms with Crippen LogP contribution in [0.2, 0.25) is 0 Å². The normalized spacial score (nSPS) is 11.8. The highest BCUT2D eigenvalue weighted by molar-refractivity contribution is 4.85. The smallest absolute Gasteiger partial charge is 0.0135 e. The van der Waals surface area contributed by atoms with Crippen LogP contribution >= 0.6 is 0 Å². The molecule has 0 aromatic rings. The van der Waals surface area contributed by atoms with Crippen LogP contribution in [0, 0.1) is 0 Å². The summed E-state index contributed by atoms with van der Waals surface area (Å²) in [5, 5.41) is 28.1. The third kappa shape index (κ3) is 37.4. The summed E-state index contributed by atoms with van der Waals surface area (Å²) < 4.78 is 0. The molecule has 0 aliphatic heterocycles. The van der Waals surface area contributed by atoms with Gasteiger partial charge in [0.2, 0.25) is 0 Å². The number of nitrogens with one attached hydrogen (secondary N) is 8. The maximum absolute atomic E-state index is 3.58. The summed E-state index contributed by atoms with van der Waals surface area (Å²) in [7, 11) is 0. The van der Waals surface area contributed by atoms with Crippen LogP contribution in [0.3, 0.4) is 0 Å². The minimum Gasteiger partial charge on any atom is -0.317 e. The maximum atomic E-state index is 3.58. The molecule has 0 aromatic heterocycles. The average Bonchev–Trinajstić information content (AvgIpc) is 2.97. The van der Waals surface area contributed by atoms with E-state index in [1.54, 1.807) is 0 Å². The van der Waals surface area contributed by atoms with Crippen molar-refractivity contribution in [3.8, 4) is 0 Å². The lowest BCUT2D eigenvalue weighted by Gasteiger charge is -2.07. The molecule has 0 fully saturated rings. The Morgan fingerprint density at radius 3 is 0.700 bits per heavy atom. The van der Waals surface area contributed by atoms with Crippen LogP contribution in [0.5, 0.6) is 0 Å². The highest BCUT2D eigenvalue weighted by Crippen LogP contribution is 1.91. The average molecular weight is 569 g/mol. The van der Waals surface area contributed by atoms with E-state index in [0.717, 1.165) is 105 Å². The second-order valence-corrected chi connectivity index (χ2v) is 10.8. The summed E-state index contributed by atoms with van der Waals surface area (Å²) in [5.41, 5.74) is 0. The Bertz CT molecular complexity index is 424. The van der Waals surface area contributed by atoms with Gasteiger partial charge in [-0.2, -0.15) is 0 Å². The van der Waals surface area contributed by atoms with Crippen LogP contribution < -0.4 is 42.5 Å². The minimum absolute atomic E-state index is 0.979. The van der Waals surface area contributed by atoms with E-state index in [2.05, 4.69) is 68.5 Å². The van der Waals surface area contributed by atoms with E-state index >= 15 is 0 Å². The van der Waals surface area contributed by atoms with Crippen LogP contribution in [0.4, 0.5) is 0 Å². The Morgan fingerprint density at radius 2 is 0.475 bits per heavy atom. The molecule has 0 aromatic carbocycles. The first-order valence-corrected chi connectivity index (χ1v) is 17.2. The van der Waals surface area contributed by atoms with Crippen LogP contribution in [-0.2, 0) is 0 Å². The Hall–Kier alpha value is -0.580. The topological polar surface area (TPSA) is 96.2 Å². The molecule has 8 heteroatoms. The van der Waals surface area contributed by atoms with Gasteiger partial charge in [0, 0.05) is 13.1 Å². The molecule has 0 amide bonds. The van der Waals surface area contributed by atoms with Crippen molar-refractivity contribution in [2.24, 2.45) is 0 Å². The van der Waals surface area contributed by atoms with Gasteiger partial charge in [-0.05, 0) is 169 Å². The second kappa shape index (κ2) is 38.4. The van der Waals surface area contributed by atoms with Crippen LogP contribution in [0.15, 0.2) is 12.2 Å². The minimum atomic E-state index is 0.979. The zero-order chi connectivity index (χ0) is 28.9. The monoisotopic (exact) mass is 569 g/mol. The Balaban J connectivity index is 3.08. The van der Waals surface area contributed by atoms with Gasteiger partial charge in [-0.3, -0.25) is 0 Å². The fraction of sp³-hybridized carbons (Fsp3) is 0.938. The van der Waals surface area contributed by atoms with E-state index in [0.29, 0.717) is 0 Å². The molecule has 0 atom stereocenters. The zero-order valence-corrected chi connectivity index (χ0v) is 27.0. The van der Waals surface area contributed by atoms with Gasteiger partial charge in [-0.15, -0.1) is 0 Å². The number of unbranched alkanes of at least 4 members (excludes halogenated alkanes) is 6. The standard InChI is InChI=1S/C32H72N8/c1-3-33-19-5-7-21-35-23-9-11-25-37-27-13-15-29-39-31-17-18-32-40-30-16-14-28-38-26-12-10-24-36-22-8-6-20-34-4-2/h17-18,33-40H,3-16,19-32H2,1-2H3/b18-17+. The fourth-order valence-electron chi connectivity index (χ4n) is 4.39. The molecule has 0 spiro atoms. The van der Waals surface area contributed by atoms with Crippen molar-refractivity contribution in [1.29, 1.82) is 0 Å². The molecule has 0 heterocycles. The quantitative estimate of drug-likeness (QED) is 0.0432. The lowest BCUT2D eigenvalue weighted by Crippen LogP contribution is -2.22. The maximum Gasteiger partial charge on any atom is 0.0135 e. The van der Waals surface area contributed by atoms with E-state index in [1.165, 1.54) is 77.0 Å². The SMILES string of the molecule is CCNCCCCNCCCCNCCCCNC/C=C/CNCCCCNCCCCNCCCCNCC. The third-order valence-corrected chi connectivity index (χ3v) is 6.93. The fourth-order valence-corrected chi connectivity index (χ4v) is 4.39. The summed E-state index contributed by atoms with van der Waals surface area (Å²) in [6, 6.07) is 0. The molecule has 240 valence electrons. The molecular formula is C32H72N8. The molecule has 0 saturated heterocycles. The molecule has 0 aliphatic rings. The Kier molecular flexibility index (Phi) is 37.9. The number of rotatable bonds is 36. The van der Waals surface area contributed by atoms with Gasteiger partial charge < -0.3 is 42.5 Å². The lowest BCUT2D eigenvalue weighted by molar-refractivity contribution is 0.545. The zero-order valence-electron chi connectivity index (χ0n) is 27.0. The van der Waals surface area contributed by atoms with E-state index < -0.39 is 0 Å². The van der Waals surface area contributed by atoms with Gasteiger partial charge >= 0.3 is 0 Å². The van der Waals surface area contributed by atoms with E-state index in [4.69, 9.17) is 0 Å². The van der Waals surface area contributed by atoms with E-state index in [-0.39, 0.29) is 0 Å². The predicted octanol–water partition coefficient (Wildman–Crippen LogP) is 2.98. The first-order chi connectivity index (χ1) is 19.9. The number of hydrogen-bond donors (Lipinski definition) is 8. The molecule has 0 saturated carbocycles. The van der Waals surface area contributed by atoms with Gasteiger partial charge in [0.15, 0.2) is 0 Å². The van der Waals surface area contributed by atoms with Crippen LogP contribution in [0.1, 0.15) is 90.9 Å². The molecule has 0 bridgehead atoms. The highest BCUT2D eigenvalue weighted by atomic mass is 14.9. The highest BCUT2D eigenvalue weighted by Gasteiger charge is 1.94. The first-order valence-electron chi connectivity index (χ1n) is 17.2. The van der Waals surface area contributed by atoms with Crippen molar-refractivity contribution in [2.75, 3.05) is 105 Å². The first kappa shape index (κ1) is 39.4. The predicted molar refractivity (Wildman–Crippen MR) is 179 cm³/mol. The van der Waals surface area contributed by atoms with Crippen molar-refractivity contribution >= 4 is 0 Å². The van der Waals surface area contributed by atoms with Crippen molar-refractivity contribution in [2.45, 2.75) is 90.9 Å². The summed E-state index contributed by atoms with van der Waals surface area (Å²) in [5.74, 6) is 0. The Labute approximate surface area is 250 Å². The van der Waals surface area contributed by atoms with E-state index in [9.17, 15) is 0 Å². The molecular weight excluding hydrogens is 496 g/mol. The molecule has 8 N–H and O–H groups in total. The second-order valence-electron chi connectivity index (χ2n) is 10.8. The van der Waals surface area contributed by atoms with Gasteiger partial charge in [-0.25, -0.2) is 0 Å². The largest absolute Gasteiger partial charge is 0.317 e. The molecule has 0 rings (SSSR count). The van der Waals surface area contributed by atoms with Gasteiger partial charge in [-0.1, -0.05) is 26.0 Å². The van der Waals surface area contributed by atoms with Gasteiger partial charge in [0.25, 0.3) is 0 Å². The molecule has 8 nitrogen and oxygen atoms in total. The third-order valence-electron chi connectivity index (χ3n) is 6.93. The van der Waals surface area contributed by atoms with Gasteiger partial charge in [0.05, 0.1) is 0 Å². The van der Waals surface area contributed by atoms with Crippen LogP contribution in [0.25, 0.3) is 0 Å². The van der Waals surface area contributed by atoms with Gasteiger partial charge in [0.1, 0.15) is 0 Å². The Morgan fingerprint density at radius 1 is 0.275 bits per heavy atom. The summed E-state index contributed by atoms with van der Waals surface area (Å²) in [4.78, 5) is 0. The summed E-state index contributed by atoms with van der Waals surface area (Å²) >= 11 is 0. The molecule has 40 heavy (non-hydrogen) atoms. The van der Waals surface area contributed by atoms with Crippen molar-refractivity contribution in [3.63, 3.8) is 0 Å². The van der Waals surface area contributed by atoms with Crippen molar-refractivity contribution in [1.82, 2.24) is 42.5 Å². The number of hydrogen-bond acceptors (Lipinski definition) is 8. The molecule has 0 unspecified atom stereocenters. The van der Waals surface area contributed by atoms with Crippen LogP contribution in [-0.4, -0.2) is 105 Å². The molecule has 0 aliphatic carbocycles. The van der Waals surface area contributed by atoms with E-state index in [1.807, 2.05) is 0 Å². The van der Waals surface area contributed by atoms with Crippen molar-refractivity contribution < 1.29 is 0 Å².